The second-order valence-electron chi connectivity index (χ2n) is 9.41. The Hall–Kier alpha value is -3.90. The van der Waals surface area contributed by atoms with Gasteiger partial charge in [0.1, 0.15) is 5.69 Å². The summed E-state index contributed by atoms with van der Waals surface area (Å²) in [7, 11) is 0. The van der Waals surface area contributed by atoms with Gasteiger partial charge in [-0.3, -0.25) is 9.89 Å². The average molecular weight is 482 g/mol. The third-order valence-electron chi connectivity index (χ3n) is 6.81. The first-order chi connectivity index (χ1) is 16.8. The molecule has 0 spiro atoms. The molecular weight excluding hydrogens is 458 g/mol. The first-order valence-corrected chi connectivity index (χ1v) is 12.0. The number of aromatic amines is 2. The number of nitrogens with zero attached hydrogens (tertiary/aromatic N) is 3. The summed E-state index contributed by atoms with van der Waals surface area (Å²) < 4.78 is 0. The molecule has 2 N–H and O–H groups in total. The number of carbonyl (C=O) groups excluding carboxylic acids is 1. The van der Waals surface area contributed by atoms with Crippen LogP contribution in [0.3, 0.4) is 0 Å². The van der Waals surface area contributed by atoms with E-state index in [1.54, 1.807) is 0 Å². The van der Waals surface area contributed by atoms with Crippen molar-refractivity contribution in [3.05, 3.63) is 76.3 Å². The summed E-state index contributed by atoms with van der Waals surface area (Å²) in [6.07, 6.45) is 4.12. The number of fused-ring (bicyclic) bond motifs is 3. The zero-order valence-electron chi connectivity index (χ0n) is 19.7. The Kier molecular flexibility index (Phi) is 4.83. The van der Waals surface area contributed by atoms with Crippen LogP contribution in [0.2, 0.25) is 5.02 Å². The molecule has 0 aliphatic carbocycles. The highest BCUT2D eigenvalue weighted by Gasteiger charge is 2.43. The number of benzene rings is 3. The lowest BCUT2D eigenvalue weighted by Crippen LogP contribution is -2.35. The van der Waals surface area contributed by atoms with Crippen LogP contribution in [0, 0.1) is 0 Å². The number of H-pyrrole nitrogens is 2. The Morgan fingerprint density at radius 1 is 1.00 bits per heavy atom. The van der Waals surface area contributed by atoms with E-state index in [0.29, 0.717) is 12.4 Å². The van der Waals surface area contributed by atoms with Crippen molar-refractivity contribution in [1.29, 1.82) is 0 Å². The maximum atomic E-state index is 12.9. The van der Waals surface area contributed by atoms with Crippen molar-refractivity contribution >= 4 is 57.3 Å². The monoisotopic (exact) mass is 481 g/mol. The van der Waals surface area contributed by atoms with E-state index in [1.807, 2.05) is 62.1 Å². The molecule has 174 valence electrons. The molecule has 6 rings (SSSR count). The largest absolute Gasteiger partial charge is 0.337 e. The molecule has 0 unspecified atom stereocenters. The number of nitrogens with one attached hydrogen (secondary N) is 2. The highest BCUT2D eigenvalue weighted by Crippen LogP contribution is 2.43. The minimum Gasteiger partial charge on any atom is -0.337 e. The van der Waals surface area contributed by atoms with Crippen molar-refractivity contribution in [2.75, 3.05) is 11.4 Å². The number of imidazole rings is 1. The number of likely N-dealkylation sites (N-methyl/N-ethyl adjacent to an activating group) is 1. The van der Waals surface area contributed by atoms with Crippen LogP contribution < -0.4 is 4.90 Å². The maximum Gasteiger partial charge on any atom is 0.237 e. The number of rotatable bonds is 4. The Balaban J connectivity index is 1.36. The molecule has 6 nitrogen and oxygen atoms in total. The molecule has 0 atom stereocenters. The van der Waals surface area contributed by atoms with Gasteiger partial charge in [0.2, 0.25) is 5.91 Å². The van der Waals surface area contributed by atoms with Gasteiger partial charge in [-0.15, -0.1) is 0 Å². The normalized spacial score (nSPS) is 15.1. The first-order valence-electron chi connectivity index (χ1n) is 11.6. The molecule has 7 heteroatoms. The Labute approximate surface area is 207 Å². The van der Waals surface area contributed by atoms with Crippen molar-refractivity contribution in [2.24, 2.45) is 0 Å². The second kappa shape index (κ2) is 7.82. The number of hydrogen-bond acceptors (Lipinski definition) is 3. The van der Waals surface area contributed by atoms with Crippen molar-refractivity contribution in [3.8, 4) is 11.5 Å². The van der Waals surface area contributed by atoms with Gasteiger partial charge in [0.05, 0.1) is 27.7 Å². The van der Waals surface area contributed by atoms with Crippen molar-refractivity contribution in [3.63, 3.8) is 0 Å². The van der Waals surface area contributed by atoms with Gasteiger partial charge in [0.25, 0.3) is 0 Å². The van der Waals surface area contributed by atoms with Crippen molar-refractivity contribution < 1.29 is 4.79 Å². The van der Waals surface area contributed by atoms with Crippen molar-refractivity contribution in [2.45, 2.75) is 26.2 Å². The van der Waals surface area contributed by atoms with E-state index in [2.05, 4.69) is 45.5 Å². The van der Waals surface area contributed by atoms with Crippen LogP contribution in [0.1, 0.15) is 37.5 Å². The molecular formula is C28H24ClN5O. The number of halogens is 1. The van der Waals surface area contributed by atoms with Crippen LogP contribution in [0.5, 0.6) is 0 Å². The van der Waals surface area contributed by atoms with Crippen LogP contribution in [-0.2, 0) is 10.2 Å². The van der Waals surface area contributed by atoms with E-state index in [0.717, 1.165) is 55.0 Å². The van der Waals surface area contributed by atoms with E-state index in [1.165, 1.54) is 0 Å². The highest BCUT2D eigenvalue weighted by atomic mass is 35.5. The average Bonchev–Trinajstić information content (AvgIpc) is 3.50. The number of hydrogen-bond donors (Lipinski definition) is 2. The van der Waals surface area contributed by atoms with Crippen LogP contribution >= 0.6 is 11.6 Å². The number of anilines is 1. The SMILES string of the molecule is CCN1C(=O)C(C)(C)c2cc3nc(-c4n[nH]c5cc(/C=C/c6ccc(Cl)cc6)ccc45)[nH]c3cc21. The lowest BCUT2D eigenvalue weighted by molar-refractivity contribution is -0.122. The van der Waals surface area contributed by atoms with E-state index >= 15 is 0 Å². The molecule has 1 amide bonds. The standard InChI is InChI=1S/C28H24ClN5O/c1-4-34-24-15-23-22(14-20(24)28(2,3)27(34)35)30-26(31-23)25-19-12-9-17(13-21(19)32-33-25)6-5-16-7-10-18(29)11-8-16/h5-15H,4H2,1-3H3,(H,30,31)(H,32,33)/b6-5+. The van der Waals surface area contributed by atoms with E-state index in [9.17, 15) is 4.79 Å². The number of carbonyl (C=O) groups is 1. The van der Waals surface area contributed by atoms with E-state index in [4.69, 9.17) is 16.6 Å². The Morgan fingerprint density at radius 2 is 1.74 bits per heavy atom. The van der Waals surface area contributed by atoms with Gasteiger partial charge in [-0.2, -0.15) is 5.10 Å². The summed E-state index contributed by atoms with van der Waals surface area (Å²) in [5, 5.41) is 9.42. The topological polar surface area (TPSA) is 77.7 Å². The third kappa shape index (κ3) is 3.44. The van der Waals surface area contributed by atoms with Gasteiger partial charge in [-0.05, 0) is 73.9 Å². The molecule has 0 saturated carbocycles. The van der Waals surface area contributed by atoms with Crippen LogP contribution in [0.25, 0.3) is 45.6 Å². The fraction of sp³-hybridized carbons (Fsp3) is 0.179. The predicted octanol–water partition coefficient (Wildman–Crippen LogP) is 6.57. The lowest BCUT2D eigenvalue weighted by Gasteiger charge is -2.18. The van der Waals surface area contributed by atoms with E-state index < -0.39 is 5.41 Å². The van der Waals surface area contributed by atoms with Gasteiger partial charge in [-0.1, -0.05) is 42.0 Å². The lowest BCUT2D eigenvalue weighted by atomic mass is 9.86. The minimum absolute atomic E-state index is 0.127. The quantitative estimate of drug-likeness (QED) is 0.285. The molecule has 3 heterocycles. The highest BCUT2D eigenvalue weighted by molar-refractivity contribution is 6.30. The van der Waals surface area contributed by atoms with Gasteiger partial charge >= 0.3 is 0 Å². The fourth-order valence-corrected chi connectivity index (χ4v) is 4.97. The molecule has 1 aliphatic rings. The second-order valence-corrected chi connectivity index (χ2v) is 9.84. The Bertz CT molecular complexity index is 1640. The molecule has 3 aromatic carbocycles. The summed E-state index contributed by atoms with van der Waals surface area (Å²) in [5.41, 5.74) is 6.98. The molecule has 0 saturated heterocycles. The molecule has 35 heavy (non-hydrogen) atoms. The molecule has 1 aliphatic heterocycles. The van der Waals surface area contributed by atoms with Gasteiger partial charge < -0.3 is 9.88 Å². The summed E-state index contributed by atoms with van der Waals surface area (Å²) in [4.78, 5) is 23.0. The third-order valence-corrected chi connectivity index (χ3v) is 7.06. The first kappa shape index (κ1) is 21.6. The van der Waals surface area contributed by atoms with Crippen molar-refractivity contribution in [1.82, 2.24) is 20.2 Å². The molecule has 0 bridgehead atoms. The van der Waals surface area contributed by atoms with Crippen LogP contribution in [0.4, 0.5) is 5.69 Å². The number of aromatic nitrogens is 4. The maximum absolute atomic E-state index is 12.9. The van der Waals surface area contributed by atoms with Gasteiger partial charge in [0.15, 0.2) is 5.82 Å². The molecule has 0 fully saturated rings. The Morgan fingerprint density at radius 3 is 2.51 bits per heavy atom. The zero-order valence-corrected chi connectivity index (χ0v) is 20.4. The number of amides is 1. The molecule has 5 aromatic rings. The summed E-state index contributed by atoms with van der Waals surface area (Å²) >= 11 is 5.97. The zero-order chi connectivity index (χ0) is 24.3. The summed E-state index contributed by atoms with van der Waals surface area (Å²) in [6, 6.07) is 18.0. The fourth-order valence-electron chi connectivity index (χ4n) is 4.85. The molecule has 0 radical (unpaired) electrons. The summed E-state index contributed by atoms with van der Waals surface area (Å²) in [5.74, 6) is 0.827. The smallest absolute Gasteiger partial charge is 0.237 e. The molecule has 2 aromatic heterocycles. The van der Waals surface area contributed by atoms with E-state index in [-0.39, 0.29) is 5.91 Å². The van der Waals surface area contributed by atoms with Gasteiger partial charge in [0, 0.05) is 17.0 Å². The summed E-state index contributed by atoms with van der Waals surface area (Å²) in [6.45, 7) is 6.59. The van der Waals surface area contributed by atoms with Crippen LogP contribution in [-0.4, -0.2) is 32.6 Å². The van der Waals surface area contributed by atoms with Gasteiger partial charge in [-0.25, -0.2) is 4.98 Å². The minimum atomic E-state index is -0.562. The predicted molar refractivity (Wildman–Crippen MR) is 143 cm³/mol. The van der Waals surface area contributed by atoms with Crippen LogP contribution in [0.15, 0.2) is 54.6 Å².